The fourth-order valence-electron chi connectivity index (χ4n) is 1.10. The van der Waals surface area contributed by atoms with E-state index >= 15 is 0 Å². The Kier molecular flexibility index (Phi) is 3.24. The number of nitrogens with zero attached hydrogens (tertiary/aromatic N) is 2. The first-order valence-electron chi connectivity index (χ1n) is 4.18. The third kappa shape index (κ3) is 2.33. The Morgan fingerprint density at radius 2 is 2.07 bits per heavy atom. The Morgan fingerprint density at radius 1 is 1.43 bits per heavy atom. The van der Waals surface area contributed by atoms with Gasteiger partial charge >= 0.3 is 0 Å². The second-order valence-corrected chi connectivity index (χ2v) is 3.10. The molecule has 0 amide bonds. The number of halogens is 1. The molecule has 1 aromatic rings. The first-order valence-corrected chi connectivity index (χ1v) is 4.18. The molecule has 0 unspecified atom stereocenters. The number of benzene rings is 1. The average Bonchev–Trinajstić information content (AvgIpc) is 2.15. The summed E-state index contributed by atoms with van der Waals surface area (Å²) in [6.07, 6.45) is 1.60. The topological polar surface area (TPSA) is 27.0 Å². The molecular weight excluding hydrogens is 179 g/mol. The van der Waals surface area contributed by atoms with E-state index in [2.05, 4.69) is 0 Å². The molecule has 0 aliphatic rings. The highest BCUT2D eigenvalue weighted by Gasteiger charge is 2.06. The molecule has 0 saturated heterocycles. The van der Waals surface area contributed by atoms with Crippen LogP contribution in [0, 0.1) is 17.1 Å². The van der Waals surface area contributed by atoms with Crippen molar-refractivity contribution in [3.8, 4) is 6.07 Å². The molecule has 1 rings (SSSR count). The fraction of sp³-hybridized carbons (Fsp3) is 0.182. The van der Waals surface area contributed by atoms with E-state index in [1.165, 1.54) is 6.07 Å². The van der Waals surface area contributed by atoms with Crippen LogP contribution in [0.25, 0.3) is 5.57 Å². The van der Waals surface area contributed by atoms with Crippen LogP contribution in [-0.4, -0.2) is 19.0 Å². The molecule has 2 nitrogen and oxygen atoms in total. The van der Waals surface area contributed by atoms with E-state index in [0.29, 0.717) is 11.1 Å². The maximum absolute atomic E-state index is 13.3. The van der Waals surface area contributed by atoms with Gasteiger partial charge in [-0.1, -0.05) is 18.2 Å². The zero-order valence-corrected chi connectivity index (χ0v) is 8.16. The molecule has 0 heterocycles. The Hall–Kier alpha value is -1.82. The summed E-state index contributed by atoms with van der Waals surface area (Å²) in [7, 11) is 3.58. The van der Waals surface area contributed by atoms with Crippen LogP contribution in [0.2, 0.25) is 0 Å². The second kappa shape index (κ2) is 4.43. The minimum atomic E-state index is -0.373. The molecule has 3 heteroatoms. The van der Waals surface area contributed by atoms with Gasteiger partial charge in [0.25, 0.3) is 0 Å². The van der Waals surface area contributed by atoms with Crippen molar-refractivity contribution < 1.29 is 4.39 Å². The highest BCUT2D eigenvalue weighted by Crippen LogP contribution is 2.17. The third-order valence-corrected chi connectivity index (χ3v) is 1.67. The lowest BCUT2D eigenvalue weighted by molar-refractivity contribution is 0.565. The van der Waals surface area contributed by atoms with Crippen molar-refractivity contribution in [2.24, 2.45) is 0 Å². The van der Waals surface area contributed by atoms with Gasteiger partial charge in [0.2, 0.25) is 0 Å². The third-order valence-electron chi connectivity index (χ3n) is 1.67. The Labute approximate surface area is 82.9 Å². The molecule has 0 aliphatic heterocycles. The van der Waals surface area contributed by atoms with Gasteiger partial charge in [-0.2, -0.15) is 5.26 Å². The zero-order chi connectivity index (χ0) is 10.6. The van der Waals surface area contributed by atoms with E-state index < -0.39 is 0 Å². The van der Waals surface area contributed by atoms with E-state index in [-0.39, 0.29) is 5.82 Å². The van der Waals surface area contributed by atoms with Crippen molar-refractivity contribution in [2.45, 2.75) is 0 Å². The molecule has 0 fully saturated rings. The summed E-state index contributed by atoms with van der Waals surface area (Å²) >= 11 is 0. The highest BCUT2D eigenvalue weighted by molar-refractivity contribution is 5.76. The van der Waals surface area contributed by atoms with Gasteiger partial charge in [-0.3, -0.25) is 0 Å². The van der Waals surface area contributed by atoms with Gasteiger partial charge in [0.1, 0.15) is 11.9 Å². The minimum absolute atomic E-state index is 0.327. The SMILES string of the molecule is CN(C)/C=C(\C#N)c1ccccc1F. The maximum atomic E-state index is 13.3. The number of hydrogen-bond donors (Lipinski definition) is 0. The number of rotatable bonds is 2. The molecule has 0 atom stereocenters. The van der Waals surface area contributed by atoms with Gasteiger partial charge in [0, 0.05) is 25.9 Å². The van der Waals surface area contributed by atoms with E-state index in [1.54, 1.807) is 43.4 Å². The second-order valence-electron chi connectivity index (χ2n) is 3.10. The Bertz CT molecular complexity index is 389. The van der Waals surface area contributed by atoms with Crippen molar-refractivity contribution in [1.82, 2.24) is 4.90 Å². The molecule has 0 N–H and O–H groups in total. The van der Waals surface area contributed by atoms with Crippen LogP contribution in [0.4, 0.5) is 4.39 Å². The van der Waals surface area contributed by atoms with Crippen molar-refractivity contribution >= 4 is 5.57 Å². The predicted octanol–water partition coefficient (Wildman–Crippen LogP) is 2.25. The molecule has 0 bridgehead atoms. The summed E-state index contributed by atoms with van der Waals surface area (Å²) in [4.78, 5) is 1.71. The van der Waals surface area contributed by atoms with Gasteiger partial charge in [0.15, 0.2) is 0 Å². The quantitative estimate of drug-likeness (QED) is 0.669. The van der Waals surface area contributed by atoms with Gasteiger partial charge in [0.05, 0.1) is 5.57 Å². The van der Waals surface area contributed by atoms with Gasteiger partial charge < -0.3 is 4.90 Å². The van der Waals surface area contributed by atoms with Crippen LogP contribution in [-0.2, 0) is 0 Å². The predicted molar refractivity (Wildman–Crippen MR) is 53.7 cm³/mol. The smallest absolute Gasteiger partial charge is 0.131 e. The molecule has 0 saturated carbocycles. The molecule has 0 aromatic heterocycles. The van der Waals surface area contributed by atoms with Crippen LogP contribution < -0.4 is 0 Å². The lowest BCUT2D eigenvalue weighted by Crippen LogP contribution is -2.02. The standard InChI is InChI=1S/C11H11FN2/c1-14(2)8-9(7-13)10-5-3-4-6-11(10)12/h3-6,8H,1-2H3/b9-8+. The number of hydrogen-bond acceptors (Lipinski definition) is 2. The van der Waals surface area contributed by atoms with E-state index in [9.17, 15) is 4.39 Å². The van der Waals surface area contributed by atoms with Crippen LogP contribution in [0.15, 0.2) is 30.5 Å². The molecule has 14 heavy (non-hydrogen) atoms. The minimum Gasteiger partial charge on any atom is -0.382 e. The monoisotopic (exact) mass is 190 g/mol. The van der Waals surface area contributed by atoms with Gasteiger partial charge in [-0.05, 0) is 6.07 Å². The van der Waals surface area contributed by atoms with Crippen molar-refractivity contribution in [2.75, 3.05) is 14.1 Å². The number of nitriles is 1. The van der Waals surface area contributed by atoms with E-state index in [0.717, 1.165) is 0 Å². The maximum Gasteiger partial charge on any atom is 0.131 e. The Balaban J connectivity index is 3.16. The summed E-state index contributed by atoms with van der Waals surface area (Å²) < 4.78 is 13.3. The lowest BCUT2D eigenvalue weighted by atomic mass is 10.1. The van der Waals surface area contributed by atoms with Crippen LogP contribution >= 0.6 is 0 Å². The van der Waals surface area contributed by atoms with Crippen LogP contribution in [0.5, 0.6) is 0 Å². The summed E-state index contributed by atoms with van der Waals surface area (Å²) in [5.41, 5.74) is 0.664. The zero-order valence-electron chi connectivity index (χ0n) is 8.16. The van der Waals surface area contributed by atoms with Crippen molar-refractivity contribution in [3.05, 3.63) is 41.8 Å². The summed E-state index contributed by atoms with van der Waals surface area (Å²) in [5, 5.41) is 8.84. The van der Waals surface area contributed by atoms with Crippen molar-refractivity contribution in [1.29, 1.82) is 5.26 Å². The molecular formula is C11H11FN2. The van der Waals surface area contributed by atoms with Crippen molar-refractivity contribution in [3.63, 3.8) is 0 Å². The first-order chi connectivity index (χ1) is 6.65. The molecule has 0 aliphatic carbocycles. The van der Waals surface area contributed by atoms with E-state index in [4.69, 9.17) is 5.26 Å². The normalized spacial score (nSPS) is 10.9. The molecule has 72 valence electrons. The lowest BCUT2D eigenvalue weighted by Gasteiger charge is -2.06. The fourth-order valence-corrected chi connectivity index (χ4v) is 1.10. The van der Waals surface area contributed by atoms with Gasteiger partial charge in [-0.15, -0.1) is 0 Å². The Morgan fingerprint density at radius 3 is 2.57 bits per heavy atom. The molecule has 0 radical (unpaired) electrons. The van der Waals surface area contributed by atoms with Gasteiger partial charge in [-0.25, -0.2) is 4.39 Å². The largest absolute Gasteiger partial charge is 0.382 e. The number of allylic oxidation sites excluding steroid dienone is 1. The summed E-state index contributed by atoms with van der Waals surface area (Å²) in [5.74, 6) is -0.373. The summed E-state index contributed by atoms with van der Waals surface area (Å²) in [6.45, 7) is 0. The molecule has 0 spiro atoms. The average molecular weight is 190 g/mol. The summed E-state index contributed by atoms with van der Waals surface area (Å²) in [6, 6.07) is 8.21. The van der Waals surface area contributed by atoms with Crippen LogP contribution in [0.3, 0.4) is 0 Å². The van der Waals surface area contributed by atoms with Crippen LogP contribution in [0.1, 0.15) is 5.56 Å². The van der Waals surface area contributed by atoms with E-state index in [1.807, 2.05) is 6.07 Å². The molecule has 1 aromatic carbocycles. The highest BCUT2D eigenvalue weighted by atomic mass is 19.1. The first kappa shape index (κ1) is 10.3.